The van der Waals surface area contributed by atoms with Gasteiger partial charge in [0.25, 0.3) is 0 Å². The number of ether oxygens (including phenoxy) is 1. The Balaban J connectivity index is 3.00. The number of hydrogen-bond donors (Lipinski definition) is 1. The number of aryl methyl sites for hydroxylation is 1. The van der Waals surface area contributed by atoms with Gasteiger partial charge in [0.1, 0.15) is 17.9 Å². The van der Waals surface area contributed by atoms with E-state index >= 15 is 0 Å². The molecule has 5 heteroatoms. The lowest BCUT2D eigenvalue weighted by Gasteiger charge is -2.14. The Morgan fingerprint density at radius 1 is 1.33 bits per heavy atom. The van der Waals surface area contributed by atoms with Gasteiger partial charge in [-0.3, -0.25) is 5.43 Å². The zero-order valence-electron chi connectivity index (χ0n) is 10.6. The van der Waals surface area contributed by atoms with Crippen LogP contribution in [0.5, 0.6) is 5.75 Å². The molecule has 0 spiro atoms. The first-order chi connectivity index (χ1) is 8.56. The van der Waals surface area contributed by atoms with Crippen LogP contribution in [0.4, 0.5) is 5.69 Å². The van der Waals surface area contributed by atoms with Crippen LogP contribution in [0.3, 0.4) is 0 Å². The lowest BCUT2D eigenvalue weighted by Crippen LogP contribution is -2.08. The van der Waals surface area contributed by atoms with E-state index in [0.717, 1.165) is 5.56 Å². The fourth-order valence-corrected chi connectivity index (χ4v) is 1.28. The summed E-state index contributed by atoms with van der Waals surface area (Å²) >= 11 is 0. The smallest absolute Gasteiger partial charge is 0.237 e. The monoisotopic (exact) mass is 242 g/mol. The largest absolute Gasteiger partial charge is 0.489 e. The summed E-state index contributed by atoms with van der Waals surface area (Å²) in [5.41, 5.74) is 4.11. The number of nitrogens with zero attached hydrogens (tertiary/aromatic N) is 3. The van der Waals surface area contributed by atoms with Crippen LogP contribution >= 0.6 is 0 Å². The molecular weight excluding hydrogens is 228 g/mol. The third-order valence-corrected chi connectivity index (χ3v) is 2.00. The molecule has 0 fully saturated rings. The number of nitriles is 2. The maximum Gasteiger partial charge on any atom is 0.237 e. The predicted octanol–water partition coefficient (Wildman–Crippen LogP) is 2.60. The van der Waals surface area contributed by atoms with Crippen LogP contribution in [0.2, 0.25) is 0 Å². The Morgan fingerprint density at radius 2 is 2.00 bits per heavy atom. The van der Waals surface area contributed by atoms with Gasteiger partial charge in [-0.2, -0.15) is 15.6 Å². The molecule has 18 heavy (non-hydrogen) atoms. The van der Waals surface area contributed by atoms with Crippen molar-refractivity contribution in [2.75, 3.05) is 5.43 Å². The van der Waals surface area contributed by atoms with E-state index in [2.05, 4.69) is 10.5 Å². The summed E-state index contributed by atoms with van der Waals surface area (Å²) in [7, 11) is 0. The van der Waals surface area contributed by atoms with Crippen molar-refractivity contribution in [1.82, 2.24) is 0 Å². The zero-order valence-corrected chi connectivity index (χ0v) is 10.6. The van der Waals surface area contributed by atoms with Gasteiger partial charge >= 0.3 is 0 Å². The van der Waals surface area contributed by atoms with Crippen molar-refractivity contribution in [2.24, 2.45) is 5.10 Å². The Kier molecular flexibility index (Phi) is 4.71. The summed E-state index contributed by atoms with van der Waals surface area (Å²) in [5, 5.41) is 20.9. The van der Waals surface area contributed by atoms with Crippen molar-refractivity contribution >= 4 is 11.4 Å². The van der Waals surface area contributed by atoms with Crippen LogP contribution in [0, 0.1) is 29.6 Å². The van der Waals surface area contributed by atoms with E-state index in [9.17, 15) is 0 Å². The van der Waals surface area contributed by atoms with Gasteiger partial charge in [-0.25, -0.2) is 0 Å². The molecule has 0 aliphatic heterocycles. The first-order valence-electron chi connectivity index (χ1n) is 5.48. The second-order valence-electron chi connectivity index (χ2n) is 3.96. The second-order valence-corrected chi connectivity index (χ2v) is 3.96. The summed E-state index contributed by atoms with van der Waals surface area (Å²) < 4.78 is 5.60. The standard InChI is InChI=1S/C13H14N4O/c1-9(2)18-13-5-4-10(3)6-12(13)17-16-11(7-14)8-15/h4-6,9,17H,1-3H3. The topological polar surface area (TPSA) is 81.2 Å². The molecule has 0 atom stereocenters. The fraction of sp³-hybridized carbons (Fsp3) is 0.308. The van der Waals surface area contributed by atoms with E-state index in [4.69, 9.17) is 15.3 Å². The van der Waals surface area contributed by atoms with Crippen LogP contribution < -0.4 is 10.2 Å². The predicted molar refractivity (Wildman–Crippen MR) is 69.2 cm³/mol. The van der Waals surface area contributed by atoms with E-state index in [1.807, 2.05) is 39.0 Å². The molecule has 0 aliphatic rings. The lowest BCUT2D eigenvalue weighted by molar-refractivity contribution is 0.243. The Morgan fingerprint density at radius 3 is 2.56 bits per heavy atom. The highest BCUT2D eigenvalue weighted by Gasteiger charge is 2.06. The maximum absolute atomic E-state index is 8.60. The van der Waals surface area contributed by atoms with Gasteiger partial charge in [0, 0.05) is 0 Å². The average molecular weight is 242 g/mol. The Hall–Kier alpha value is -2.53. The summed E-state index contributed by atoms with van der Waals surface area (Å²) in [6.45, 7) is 5.77. The third kappa shape index (κ3) is 3.80. The average Bonchev–Trinajstić information content (AvgIpc) is 2.33. The van der Waals surface area contributed by atoms with Crippen LogP contribution in [0.1, 0.15) is 19.4 Å². The molecule has 0 bridgehead atoms. The van der Waals surface area contributed by atoms with Crippen molar-refractivity contribution in [3.8, 4) is 17.9 Å². The van der Waals surface area contributed by atoms with Gasteiger partial charge in [0.05, 0.1) is 11.8 Å². The molecule has 0 radical (unpaired) electrons. The Bertz CT molecular complexity index is 519. The first kappa shape index (κ1) is 13.5. The molecule has 0 saturated carbocycles. The SMILES string of the molecule is Cc1ccc(OC(C)C)c(NN=C(C#N)C#N)c1. The van der Waals surface area contributed by atoms with Gasteiger partial charge in [-0.05, 0) is 38.5 Å². The number of anilines is 1. The van der Waals surface area contributed by atoms with E-state index in [1.54, 1.807) is 12.1 Å². The molecule has 5 nitrogen and oxygen atoms in total. The van der Waals surface area contributed by atoms with Crippen LogP contribution in [0.15, 0.2) is 23.3 Å². The van der Waals surface area contributed by atoms with Crippen molar-refractivity contribution in [3.05, 3.63) is 23.8 Å². The minimum atomic E-state index is -0.230. The lowest BCUT2D eigenvalue weighted by atomic mass is 10.2. The van der Waals surface area contributed by atoms with E-state index in [0.29, 0.717) is 11.4 Å². The van der Waals surface area contributed by atoms with Crippen molar-refractivity contribution in [3.63, 3.8) is 0 Å². The molecule has 1 N–H and O–H groups in total. The summed E-state index contributed by atoms with van der Waals surface area (Å²) in [4.78, 5) is 0. The molecule has 0 amide bonds. The molecule has 1 aromatic rings. The zero-order chi connectivity index (χ0) is 13.5. The minimum absolute atomic E-state index is 0.0311. The molecular formula is C13H14N4O. The first-order valence-corrected chi connectivity index (χ1v) is 5.48. The maximum atomic E-state index is 8.60. The summed E-state index contributed by atoms with van der Waals surface area (Å²) in [6.07, 6.45) is 0.0311. The highest BCUT2D eigenvalue weighted by Crippen LogP contribution is 2.26. The van der Waals surface area contributed by atoms with Crippen LogP contribution in [0.25, 0.3) is 0 Å². The van der Waals surface area contributed by atoms with Crippen LogP contribution in [-0.4, -0.2) is 11.8 Å². The molecule has 92 valence electrons. The van der Waals surface area contributed by atoms with E-state index in [1.165, 1.54) is 0 Å². The van der Waals surface area contributed by atoms with Gasteiger partial charge in [0.2, 0.25) is 5.71 Å². The minimum Gasteiger partial charge on any atom is -0.489 e. The number of hydrazone groups is 1. The molecule has 1 aromatic carbocycles. The van der Waals surface area contributed by atoms with E-state index < -0.39 is 0 Å². The number of benzene rings is 1. The van der Waals surface area contributed by atoms with Gasteiger partial charge in [-0.1, -0.05) is 6.07 Å². The van der Waals surface area contributed by atoms with Gasteiger partial charge < -0.3 is 4.74 Å². The highest BCUT2D eigenvalue weighted by molar-refractivity contribution is 6.10. The summed E-state index contributed by atoms with van der Waals surface area (Å²) in [6, 6.07) is 8.95. The molecule has 0 aromatic heterocycles. The fourth-order valence-electron chi connectivity index (χ4n) is 1.28. The van der Waals surface area contributed by atoms with Crippen LogP contribution in [-0.2, 0) is 0 Å². The van der Waals surface area contributed by atoms with Gasteiger partial charge in [0.15, 0.2) is 0 Å². The van der Waals surface area contributed by atoms with Gasteiger partial charge in [-0.15, -0.1) is 0 Å². The van der Waals surface area contributed by atoms with Crippen molar-refractivity contribution in [1.29, 1.82) is 10.5 Å². The summed E-state index contributed by atoms with van der Waals surface area (Å²) in [5.74, 6) is 0.634. The second kappa shape index (κ2) is 6.27. The Labute approximate surface area is 106 Å². The third-order valence-electron chi connectivity index (χ3n) is 2.00. The van der Waals surface area contributed by atoms with E-state index in [-0.39, 0.29) is 11.8 Å². The highest BCUT2D eigenvalue weighted by atomic mass is 16.5. The quantitative estimate of drug-likeness (QED) is 0.650. The van der Waals surface area contributed by atoms with Crippen molar-refractivity contribution in [2.45, 2.75) is 26.9 Å². The molecule has 0 aliphatic carbocycles. The molecule has 1 rings (SSSR count). The molecule has 0 unspecified atom stereocenters. The normalized spacial score (nSPS) is 9.22. The number of nitrogens with one attached hydrogen (secondary N) is 1. The number of rotatable bonds is 4. The molecule has 0 heterocycles. The van der Waals surface area contributed by atoms with Crippen molar-refractivity contribution < 1.29 is 4.74 Å². The molecule has 0 saturated heterocycles. The number of hydrogen-bond acceptors (Lipinski definition) is 5.